The number of ether oxygens (including phenoxy) is 2. The van der Waals surface area contributed by atoms with Crippen molar-refractivity contribution < 1.29 is 13.9 Å². The van der Waals surface area contributed by atoms with Gasteiger partial charge in [-0.05, 0) is 42.8 Å². The molecule has 0 aliphatic carbocycles. The van der Waals surface area contributed by atoms with Crippen molar-refractivity contribution in [2.45, 2.75) is 6.92 Å². The summed E-state index contributed by atoms with van der Waals surface area (Å²) >= 11 is 0. The van der Waals surface area contributed by atoms with Crippen LogP contribution in [0, 0.1) is 12.7 Å². The molecule has 0 heterocycles. The molecule has 0 radical (unpaired) electrons. The van der Waals surface area contributed by atoms with Gasteiger partial charge in [-0.1, -0.05) is 6.07 Å². The van der Waals surface area contributed by atoms with E-state index < -0.39 is 0 Å². The van der Waals surface area contributed by atoms with E-state index in [1.54, 1.807) is 25.3 Å². The Bertz CT molecular complexity index is 506. The Morgan fingerprint density at radius 2 is 1.59 bits per heavy atom. The van der Waals surface area contributed by atoms with Crippen LogP contribution in [0.5, 0.6) is 17.2 Å². The number of methoxy groups -OCH3 is 1. The van der Waals surface area contributed by atoms with Crippen LogP contribution in [-0.4, -0.2) is 7.11 Å². The van der Waals surface area contributed by atoms with Crippen molar-refractivity contribution in [1.82, 2.24) is 0 Å². The Labute approximate surface area is 99.6 Å². The fourth-order valence-electron chi connectivity index (χ4n) is 1.50. The molecular formula is C14H13FO2. The molecule has 0 aliphatic rings. The third-order valence-electron chi connectivity index (χ3n) is 2.43. The molecule has 2 aromatic carbocycles. The van der Waals surface area contributed by atoms with E-state index in [-0.39, 0.29) is 5.82 Å². The van der Waals surface area contributed by atoms with Crippen molar-refractivity contribution in [1.29, 1.82) is 0 Å². The first-order valence-corrected chi connectivity index (χ1v) is 5.27. The van der Waals surface area contributed by atoms with E-state index in [1.807, 2.05) is 19.1 Å². The number of benzene rings is 2. The van der Waals surface area contributed by atoms with Crippen LogP contribution in [0.4, 0.5) is 4.39 Å². The Morgan fingerprint density at radius 3 is 2.24 bits per heavy atom. The summed E-state index contributed by atoms with van der Waals surface area (Å²) in [7, 11) is 1.62. The Hall–Kier alpha value is -2.03. The molecule has 0 atom stereocenters. The molecule has 0 amide bonds. The summed E-state index contributed by atoms with van der Waals surface area (Å²) in [5, 5.41) is 0. The van der Waals surface area contributed by atoms with Gasteiger partial charge in [-0.2, -0.15) is 0 Å². The summed E-state index contributed by atoms with van der Waals surface area (Å²) in [5.74, 6) is 1.75. The maximum Gasteiger partial charge on any atom is 0.131 e. The van der Waals surface area contributed by atoms with Gasteiger partial charge in [0, 0.05) is 6.07 Å². The lowest BCUT2D eigenvalue weighted by Gasteiger charge is -2.09. The first-order valence-electron chi connectivity index (χ1n) is 5.27. The molecule has 0 saturated heterocycles. The fraction of sp³-hybridized carbons (Fsp3) is 0.143. The Kier molecular flexibility index (Phi) is 3.28. The van der Waals surface area contributed by atoms with Crippen molar-refractivity contribution in [2.24, 2.45) is 0 Å². The number of halogens is 1. The minimum Gasteiger partial charge on any atom is -0.496 e. The van der Waals surface area contributed by atoms with E-state index in [0.717, 1.165) is 11.3 Å². The summed E-state index contributed by atoms with van der Waals surface area (Å²) in [5.41, 5.74) is 1.04. The lowest BCUT2D eigenvalue weighted by atomic mass is 10.2. The quantitative estimate of drug-likeness (QED) is 0.798. The third-order valence-corrected chi connectivity index (χ3v) is 2.43. The van der Waals surface area contributed by atoms with Gasteiger partial charge in [-0.3, -0.25) is 0 Å². The highest BCUT2D eigenvalue weighted by Gasteiger charge is 2.02. The molecule has 88 valence electrons. The van der Waals surface area contributed by atoms with Gasteiger partial charge >= 0.3 is 0 Å². The van der Waals surface area contributed by atoms with Gasteiger partial charge in [0.2, 0.25) is 0 Å². The first kappa shape index (κ1) is 11.5. The summed E-state index contributed by atoms with van der Waals surface area (Å²) in [6, 6.07) is 11.5. The molecule has 0 fully saturated rings. The van der Waals surface area contributed by atoms with Gasteiger partial charge in [0.1, 0.15) is 23.1 Å². The molecule has 2 rings (SSSR count). The smallest absolute Gasteiger partial charge is 0.131 e. The van der Waals surface area contributed by atoms with Gasteiger partial charge < -0.3 is 9.47 Å². The zero-order valence-electron chi connectivity index (χ0n) is 9.74. The predicted octanol–water partition coefficient (Wildman–Crippen LogP) is 3.94. The van der Waals surface area contributed by atoms with E-state index in [4.69, 9.17) is 9.47 Å². The molecular weight excluding hydrogens is 219 g/mol. The number of aryl methyl sites for hydroxylation is 1. The largest absolute Gasteiger partial charge is 0.496 e. The van der Waals surface area contributed by atoms with Gasteiger partial charge in [0.25, 0.3) is 0 Å². The molecule has 17 heavy (non-hydrogen) atoms. The Balaban J connectivity index is 2.21. The topological polar surface area (TPSA) is 18.5 Å². The van der Waals surface area contributed by atoms with Gasteiger partial charge in [0.05, 0.1) is 7.11 Å². The zero-order valence-corrected chi connectivity index (χ0v) is 9.74. The van der Waals surface area contributed by atoms with E-state index >= 15 is 0 Å². The summed E-state index contributed by atoms with van der Waals surface area (Å²) in [6.07, 6.45) is 0. The lowest BCUT2D eigenvalue weighted by molar-refractivity contribution is 0.406. The van der Waals surface area contributed by atoms with Crippen molar-refractivity contribution >= 4 is 0 Å². The number of hydrogen-bond acceptors (Lipinski definition) is 2. The van der Waals surface area contributed by atoms with Crippen LogP contribution in [-0.2, 0) is 0 Å². The average Bonchev–Trinajstić information content (AvgIpc) is 2.34. The molecule has 2 nitrogen and oxygen atoms in total. The molecule has 0 spiro atoms. The summed E-state index contributed by atoms with van der Waals surface area (Å²) < 4.78 is 23.5. The Morgan fingerprint density at radius 1 is 0.941 bits per heavy atom. The average molecular weight is 232 g/mol. The number of rotatable bonds is 3. The molecule has 3 heteroatoms. The van der Waals surface area contributed by atoms with Gasteiger partial charge in [0.15, 0.2) is 0 Å². The normalized spacial score (nSPS) is 10.1. The highest BCUT2D eigenvalue weighted by molar-refractivity contribution is 5.41. The monoisotopic (exact) mass is 232 g/mol. The minimum atomic E-state index is -0.279. The third kappa shape index (κ3) is 2.75. The zero-order chi connectivity index (χ0) is 12.3. The van der Waals surface area contributed by atoms with Crippen LogP contribution in [0.25, 0.3) is 0 Å². The maximum atomic E-state index is 12.7. The molecule has 0 aromatic heterocycles. The van der Waals surface area contributed by atoms with E-state index in [9.17, 15) is 4.39 Å². The summed E-state index contributed by atoms with van der Waals surface area (Å²) in [6.45, 7) is 1.96. The second-order valence-corrected chi connectivity index (χ2v) is 3.69. The van der Waals surface area contributed by atoms with Crippen molar-refractivity contribution in [3.05, 3.63) is 53.8 Å². The van der Waals surface area contributed by atoms with Crippen LogP contribution in [0.15, 0.2) is 42.5 Å². The van der Waals surface area contributed by atoms with Crippen molar-refractivity contribution in [2.75, 3.05) is 7.11 Å². The van der Waals surface area contributed by atoms with Crippen LogP contribution in [0.1, 0.15) is 5.56 Å². The molecule has 0 N–H and O–H groups in total. The minimum absolute atomic E-state index is 0.279. The van der Waals surface area contributed by atoms with Gasteiger partial charge in [-0.15, -0.1) is 0 Å². The van der Waals surface area contributed by atoms with Gasteiger partial charge in [-0.25, -0.2) is 4.39 Å². The maximum absolute atomic E-state index is 12.7. The molecule has 2 aromatic rings. The van der Waals surface area contributed by atoms with E-state index in [1.165, 1.54) is 12.1 Å². The van der Waals surface area contributed by atoms with Crippen LogP contribution >= 0.6 is 0 Å². The standard InChI is InChI=1S/C14H13FO2/c1-10-3-6-13(9-14(10)16-2)17-12-7-4-11(15)5-8-12/h3-9H,1-2H3. The second-order valence-electron chi connectivity index (χ2n) is 3.69. The first-order chi connectivity index (χ1) is 8.19. The summed E-state index contributed by atoms with van der Waals surface area (Å²) in [4.78, 5) is 0. The highest BCUT2D eigenvalue weighted by atomic mass is 19.1. The molecule has 0 bridgehead atoms. The molecule has 0 unspecified atom stereocenters. The van der Waals surface area contributed by atoms with Crippen LogP contribution in [0.3, 0.4) is 0 Å². The molecule has 0 aliphatic heterocycles. The second kappa shape index (κ2) is 4.87. The van der Waals surface area contributed by atoms with E-state index in [0.29, 0.717) is 11.5 Å². The number of hydrogen-bond donors (Lipinski definition) is 0. The van der Waals surface area contributed by atoms with Crippen LogP contribution in [0.2, 0.25) is 0 Å². The lowest BCUT2D eigenvalue weighted by Crippen LogP contribution is -1.89. The van der Waals surface area contributed by atoms with Crippen molar-refractivity contribution in [3.8, 4) is 17.2 Å². The van der Waals surface area contributed by atoms with E-state index in [2.05, 4.69) is 0 Å². The predicted molar refractivity (Wildman–Crippen MR) is 64.2 cm³/mol. The highest BCUT2D eigenvalue weighted by Crippen LogP contribution is 2.27. The SMILES string of the molecule is COc1cc(Oc2ccc(F)cc2)ccc1C. The van der Waals surface area contributed by atoms with Crippen molar-refractivity contribution in [3.63, 3.8) is 0 Å². The molecule has 0 saturated carbocycles. The van der Waals surface area contributed by atoms with Crippen LogP contribution < -0.4 is 9.47 Å². The fourth-order valence-corrected chi connectivity index (χ4v) is 1.50.